The van der Waals surface area contributed by atoms with Crippen molar-refractivity contribution < 1.29 is 4.79 Å². The largest absolute Gasteiger partial charge is 0.337 e. The molecule has 1 N–H and O–H groups in total. The highest BCUT2D eigenvalue weighted by molar-refractivity contribution is 6.30. The lowest BCUT2D eigenvalue weighted by molar-refractivity contribution is 0.0773. The Balaban J connectivity index is 1.47. The Morgan fingerprint density at radius 3 is 2.65 bits per heavy atom. The minimum Gasteiger partial charge on any atom is -0.337 e. The van der Waals surface area contributed by atoms with Crippen LogP contribution in [0, 0.1) is 6.92 Å². The number of carbonyl (C=O) groups excluding carboxylic acids is 1. The molecular weight excluding hydrogens is 350 g/mol. The second-order valence-electron chi connectivity index (χ2n) is 7.03. The smallest absolute Gasteiger partial charge is 0.257 e. The van der Waals surface area contributed by atoms with Gasteiger partial charge >= 0.3 is 0 Å². The minimum absolute atomic E-state index is 0.0837. The fourth-order valence-corrected chi connectivity index (χ4v) is 3.96. The molecule has 4 rings (SSSR count). The van der Waals surface area contributed by atoms with Gasteiger partial charge in [-0.15, -0.1) is 0 Å². The molecule has 2 aliphatic rings. The lowest BCUT2D eigenvalue weighted by atomic mass is 10.2. The molecule has 26 heavy (non-hydrogen) atoms. The first-order chi connectivity index (χ1) is 12.6. The zero-order valence-electron chi connectivity index (χ0n) is 15.0. The van der Waals surface area contributed by atoms with Crippen LogP contribution in [0.2, 0.25) is 5.02 Å². The van der Waals surface area contributed by atoms with Crippen LogP contribution in [0.4, 0.5) is 0 Å². The number of likely N-dealkylation sites (tertiary alicyclic amines) is 1. The molecule has 7 heteroatoms. The SMILES string of the molecule is Cc1nn(-c2ccc(Cl)cc2)cc1C(=O)N1CCC(N2CCNCC2)C1. The third-order valence-electron chi connectivity index (χ3n) is 5.34. The van der Waals surface area contributed by atoms with Gasteiger partial charge in [-0.2, -0.15) is 5.10 Å². The molecule has 2 fully saturated rings. The van der Waals surface area contributed by atoms with E-state index in [0.29, 0.717) is 16.6 Å². The zero-order valence-corrected chi connectivity index (χ0v) is 15.7. The maximum atomic E-state index is 13.0. The first kappa shape index (κ1) is 17.5. The third-order valence-corrected chi connectivity index (χ3v) is 5.59. The molecule has 1 unspecified atom stereocenters. The second-order valence-corrected chi connectivity index (χ2v) is 7.47. The van der Waals surface area contributed by atoms with Crippen molar-refractivity contribution >= 4 is 17.5 Å². The monoisotopic (exact) mass is 373 g/mol. The van der Waals surface area contributed by atoms with E-state index >= 15 is 0 Å². The Kier molecular flexibility index (Phi) is 4.98. The lowest BCUT2D eigenvalue weighted by Crippen LogP contribution is -2.49. The van der Waals surface area contributed by atoms with Crippen LogP contribution in [0.1, 0.15) is 22.5 Å². The Hall–Kier alpha value is -1.89. The van der Waals surface area contributed by atoms with E-state index in [1.165, 1.54) is 0 Å². The van der Waals surface area contributed by atoms with E-state index in [1.54, 1.807) is 4.68 Å². The van der Waals surface area contributed by atoms with Gasteiger partial charge in [0, 0.05) is 56.5 Å². The first-order valence-corrected chi connectivity index (χ1v) is 9.56. The van der Waals surface area contributed by atoms with Gasteiger partial charge in [0.1, 0.15) is 0 Å². The van der Waals surface area contributed by atoms with Crippen LogP contribution >= 0.6 is 11.6 Å². The van der Waals surface area contributed by atoms with Crippen LogP contribution in [0.3, 0.4) is 0 Å². The van der Waals surface area contributed by atoms with Gasteiger partial charge in [0.15, 0.2) is 0 Å². The fraction of sp³-hybridized carbons (Fsp3) is 0.474. The number of amides is 1. The summed E-state index contributed by atoms with van der Waals surface area (Å²) in [5.41, 5.74) is 2.34. The van der Waals surface area contributed by atoms with Crippen LogP contribution in [0.5, 0.6) is 0 Å². The molecule has 1 amide bonds. The van der Waals surface area contributed by atoms with Crippen molar-refractivity contribution in [3.8, 4) is 5.69 Å². The van der Waals surface area contributed by atoms with Crippen LogP contribution in [0.25, 0.3) is 5.69 Å². The molecule has 2 saturated heterocycles. The Labute approximate surface area is 158 Å². The number of carbonyl (C=O) groups is 1. The molecule has 0 saturated carbocycles. The van der Waals surface area contributed by atoms with E-state index in [4.69, 9.17) is 11.6 Å². The highest BCUT2D eigenvalue weighted by Gasteiger charge is 2.32. The number of hydrogen-bond donors (Lipinski definition) is 1. The summed E-state index contributed by atoms with van der Waals surface area (Å²) in [5.74, 6) is 0.0837. The van der Waals surface area contributed by atoms with E-state index in [0.717, 1.165) is 57.1 Å². The van der Waals surface area contributed by atoms with Gasteiger partial charge < -0.3 is 10.2 Å². The number of rotatable bonds is 3. The highest BCUT2D eigenvalue weighted by Crippen LogP contribution is 2.21. The molecule has 1 aromatic carbocycles. The second kappa shape index (κ2) is 7.39. The zero-order chi connectivity index (χ0) is 18.1. The quantitative estimate of drug-likeness (QED) is 0.893. The maximum absolute atomic E-state index is 13.0. The van der Waals surface area contributed by atoms with Crippen molar-refractivity contribution in [2.75, 3.05) is 39.3 Å². The Bertz CT molecular complexity index is 782. The van der Waals surface area contributed by atoms with E-state index in [9.17, 15) is 4.79 Å². The topological polar surface area (TPSA) is 53.4 Å². The summed E-state index contributed by atoms with van der Waals surface area (Å²) >= 11 is 5.95. The van der Waals surface area contributed by atoms with E-state index in [2.05, 4.69) is 15.3 Å². The molecule has 0 bridgehead atoms. The molecule has 0 aliphatic carbocycles. The number of halogens is 1. The molecule has 1 aromatic heterocycles. The normalized spacial score (nSPS) is 21.3. The van der Waals surface area contributed by atoms with E-state index < -0.39 is 0 Å². The maximum Gasteiger partial charge on any atom is 0.257 e. The van der Waals surface area contributed by atoms with E-state index in [1.807, 2.05) is 42.3 Å². The Morgan fingerprint density at radius 1 is 1.19 bits per heavy atom. The minimum atomic E-state index is 0.0837. The van der Waals surface area contributed by atoms with Crippen LogP contribution in [-0.4, -0.2) is 70.8 Å². The summed E-state index contributed by atoms with van der Waals surface area (Å²) in [7, 11) is 0. The summed E-state index contributed by atoms with van der Waals surface area (Å²) in [5, 5.41) is 8.59. The van der Waals surface area contributed by atoms with Gasteiger partial charge in [-0.05, 0) is 37.6 Å². The first-order valence-electron chi connectivity index (χ1n) is 9.18. The summed E-state index contributed by atoms with van der Waals surface area (Å²) in [4.78, 5) is 17.5. The van der Waals surface area contributed by atoms with E-state index in [-0.39, 0.29) is 5.91 Å². The van der Waals surface area contributed by atoms with Crippen molar-refractivity contribution in [1.29, 1.82) is 0 Å². The van der Waals surface area contributed by atoms with Gasteiger partial charge in [0.2, 0.25) is 0 Å². The van der Waals surface area contributed by atoms with Gasteiger partial charge in [-0.1, -0.05) is 11.6 Å². The number of nitrogens with one attached hydrogen (secondary N) is 1. The van der Waals surface area contributed by atoms with Crippen LogP contribution in [-0.2, 0) is 0 Å². The lowest BCUT2D eigenvalue weighted by Gasteiger charge is -2.32. The van der Waals surface area contributed by atoms with Crippen molar-refractivity contribution in [3.63, 3.8) is 0 Å². The summed E-state index contributed by atoms with van der Waals surface area (Å²) in [6, 6.07) is 7.94. The van der Waals surface area contributed by atoms with Crippen molar-refractivity contribution in [3.05, 3.63) is 46.7 Å². The van der Waals surface area contributed by atoms with Gasteiger partial charge in [-0.3, -0.25) is 9.69 Å². The van der Waals surface area contributed by atoms with Gasteiger partial charge in [0.05, 0.1) is 16.9 Å². The number of nitrogens with zero attached hydrogens (tertiary/aromatic N) is 4. The number of hydrogen-bond acceptors (Lipinski definition) is 4. The summed E-state index contributed by atoms with van der Waals surface area (Å²) in [6.45, 7) is 7.74. The molecule has 0 spiro atoms. The number of piperazine rings is 1. The number of benzene rings is 1. The van der Waals surface area contributed by atoms with Crippen LogP contribution < -0.4 is 5.32 Å². The van der Waals surface area contributed by atoms with Crippen molar-refractivity contribution in [2.24, 2.45) is 0 Å². The predicted octanol–water partition coefficient (Wildman–Crippen LogP) is 1.95. The average Bonchev–Trinajstić information content (AvgIpc) is 3.30. The molecule has 138 valence electrons. The van der Waals surface area contributed by atoms with Crippen molar-refractivity contribution in [1.82, 2.24) is 24.9 Å². The number of aryl methyl sites for hydroxylation is 1. The molecule has 2 aromatic rings. The molecule has 3 heterocycles. The standard InChI is InChI=1S/C19H24ClN5O/c1-14-18(13-25(22-14)16-4-2-15(20)3-5-16)19(26)24-9-6-17(12-24)23-10-7-21-8-11-23/h2-5,13,17,21H,6-12H2,1H3. The predicted molar refractivity (Wildman–Crippen MR) is 102 cm³/mol. The van der Waals surface area contributed by atoms with Gasteiger partial charge in [0.25, 0.3) is 5.91 Å². The van der Waals surface area contributed by atoms with Crippen LogP contribution in [0.15, 0.2) is 30.5 Å². The molecular formula is C19H24ClN5O. The van der Waals surface area contributed by atoms with Gasteiger partial charge in [-0.25, -0.2) is 4.68 Å². The fourth-order valence-electron chi connectivity index (χ4n) is 3.84. The highest BCUT2D eigenvalue weighted by atomic mass is 35.5. The third kappa shape index (κ3) is 3.49. The Morgan fingerprint density at radius 2 is 1.92 bits per heavy atom. The molecule has 6 nitrogen and oxygen atoms in total. The number of aromatic nitrogens is 2. The molecule has 0 radical (unpaired) electrons. The summed E-state index contributed by atoms with van der Waals surface area (Å²) in [6.07, 6.45) is 2.88. The van der Waals surface area contributed by atoms with Crippen molar-refractivity contribution in [2.45, 2.75) is 19.4 Å². The summed E-state index contributed by atoms with van der Waals surface area (Å²) < 4.78 is 1.75. The molecule has 1 atom stereocenters. The average molecular weight is 374 g/mol. The molecule has 2 aliphatic heterocycles.